The van der Waals surface area contributed by atoms with Gasteiger partial charge in [-0.3, -0.25) is 4.79 Å². The summed E-state index contributed by atoms with van der Waals surface area (Å²) in [6, 6.07) is 1.78. The Morgan fingerprint density at radius 3 is 2.58 bits per heavy atom. The molecule has 1 aliphatic rings. The molecule has 2 unspecified atom stereocenters. The minimum absolute atomic E-state index is 0.0104. The van der Waals surface area contributed by atoms with Crippen molar-refractivity contribution in [2.45, 2.75) is 13.8 Å². The molecule has 1 aromatic heterocycles. The van der Waals surface area contributed by atoms with Crippen LogP contribution in [-0.4, -0.2) is 35.0 Å². The summed E-state index contributed by atoms with van der Waals surface area (Å²) in [5.41, 5.74) is 0.685. The first-order valence-electron chi connectivity index (χ1n) is 6.26. The number of thiophene rings is 1. The Morgan fingerprint density at radius 1 is 1.37 bits per heavy atom. The number of rotatable bonds is 3. The van der Waals surface area contributed by atoms with Crippen LogP contribution in [0.2, 0.25) is 0 Å². The molecule has 2 heterocycles. The second-order valence-electron chi connectivity index (χ2n) is 5.04. The van der Waals surface area contributed by atoms with Crippen molar-refractivity contribution >= 4 is 29.3 Å². The van der Waals surface area contributed by atoms with Gasteiger partial charge in [0.25, 0.3) is 5.91 Å². The Morgan fingerprint density at radius 2 is 2.00 bits per heavy atom. The van der Waals surface area contributed by atoms with Crippen molar-refractivity contribution in [1.29, 1.82) is 0 Å². The predicted molar refractivity (Wildman–Crippen MR) is 75.2 cm³/mol. The van der Waals surface area contributed by atoms with Crippen LogP contribution in [0, 0.1) is 11.8 Å². The number of carboxylic acids is 1. The molecule has 4 nitrogen and oxygen atoms in total. The van der Waals surface area contributed by atoms with Gasteiger partial charge >= 0.3 is 5.97 Å². The molecule has 0 radical (unpaired) electrons. The van der Waals surface area contributed by atoms with Crippen LogP contribution in [0.3, 0.4) is 0 Å². The van der Waals surface area contributed by atoms with Gasteiger partial charge in [0.2, 0.25) is 0 Å². The van der Waals surface area contributed by atoms with Crippen molar-refractivity contribution in [1.82, 2.24) is 4.90 Å². The van der Waals surface area contributed by atoms with Crippen LogP contribution < -0.4 is 0 Å². The third-order valence-electron chi connectivity index (χ3n) is 3.57. The van der Waals surface area contributed by atoms with E-state index >= 15 is 0 Å². The van der Waals surface area contributed by atoms with E-state index in [2.05, 4.69) is 13.8 Å². The number of hydrogen-bond acceptors (Lipinski definition) is 3. The predicted octanol–water partition coefficient (Wildman–Crippen LogP) is 2.57. The van der Waals surface area contributed by atoms with Gasteiger partial charge in [0, 0.05) is 19.2 Å². The standard InChI is InChI=1S/C14H17NO3S/c1-9-7-15(8-10(9)2)14(18)13-11(5-6-19-13)3-4-12(16)17/h3-6,9-10H,7-8H2,1-2H3,(H,16,17). The van der Waals surface area contributed by atoms with Crippen LogP contribution in [0.4, 0.5) is 0 Å². The Labute approximate surface area is 116 Å². The molecular formula is C14H17NO3S. The topological polar surface area (TPSA) is 57.6 Å². The highest BCUT2D eigenvalue weighted by Gasteiger charge is 2.30. The second kappa shape index (κ2) is 5.57. The first kappa shape index (κ1) is 13.8. The van der Waals surface area contributed by atoms with Gasteiger partial charge < -0.3 is 10.0 Å². The lowest BCUT2D eigenvalue weighted by Crippen LogP contribution is -2.28. The molecule has 1 saturated heterocycles. The fourth-order valence-electron chi connectivity index (χ4n) is 2.22. The van der Waals surface area contributed by atoms with E-state index in [4.69, 9.17) is 5.11 Å². The summed E-state index contributed by atoms with van der Waals surface area (Å²) in [6.45, 7) is 5.86. The van der Waals surface area contributed by atoms with Crippen LogP contribution in [0.15, 0.2) is 17.5 Å². The zero-order valence-corrected chi connectivity index (χ0v) is 11.8. The zero-order chi connectivity index (χ0) is 14.0. The van der Waals surface area contributed by atoms with E-state index in [-0.39, 0.29) is 5.91 Å². The third-order valence-corrected chi connectivity index (χ3v) is 4.49. The Balaban J connectivity index is 2.16. The molecular weight excluding hydrogens is 262 g/mol. The summed E-state index contributed by atoms with van der Waals surface area (Å²) in [5.74, 6) is 0.0353. The highest BCUT2D eigenvalue weighted by atomic mass is 32.1. The second-order valence-corrected chi connectivity index (χ2v) is 5.96. The molecule has 2 atom stereocenters. The van der Waals surface area contributed by atoms with Crippen molar-refractivity contribution < 1.29 is 14.7 Å². The Bertz CT molecular complexity index is 511. The van der Waals surface area contributed by atoms with Gasteiger partial charge in [-0.15, -0.1) is 11.3 Å². The maximum atomic E-state index is 12.4. The van der Waals surface area contributed by atoms with E-state index in [1.54, 1.807) is 6.07 Å². The van der Waals surface area contributed by atoms with Gasteiger partial charge in [0.15, 0.2) is 0 Å². The highest BCUT2D eigenvalue weighted by molar-refractivity contribution is 7.12. The highest BCUT2D eigenvalue weighted by Crippen LogP contribution is 2.27. The summed E-state index contributed by atoms with van der Waals surface area (Å²) >= 11 is 1.36. The zero-order valence-electron chi connectivity index (χ0n) is 11.0. The largest absolute Gasteiger partial charge is 0.478 e. The van der Waals surface area contributed by atoms with Gasteiger partial charge in [-0.05, 0) is 34.9 Å². The van der Waals surface area contributed by atoms with Crippen LogP contribution in [0.5, 0.6) is 0 Å². The third kappa shape index (κ3) is 3.04. The minimum Gasteiger partial charge on any atom is -0.478 e. The summed E-state index contributed by atoms with van der Waals surface area (Å²) in [4.78, 5) is 25.4. The molecule has 0 bridgehead atoms. The van der Waals surface area contributed by atoms with E-state index in [9.17, 15) is 9.59 Å². The molecule has 1 fully saturated rings. The molecule has 19 heavy (non-hydrogen) atoms. The van der Waals surface area contributed by atoms with E-state index in [1.165, 1.54) is 17.4 Å². The lowest BCUT2D eigenvalue weighted by Gasteiger charge is -2.15. The van der Waals surface area contributed by atoms with Gasteiger partial charge in [0.05, 0.1) is 4.88 Å². The molecule has 0 saturated carbocycles. The molecule has 0 aliphatic carbocycles. The van der Waals surface area contributed by atoms with Crippen LogP contribution in [0.25, 0.3) is 6.08 Å². The van der Waals surface area contributed by atoms with Crippen LogP contribution in [-0.2, 0) is 4.79 Å². The summed E-state index contributed by atoms with van der Waals surface area (Å²) in [6.07, 6.45) is 2.54. The van der Waals surface area contributed by atoms with E-state index in [0.717, 1.165) is 19.2 Å². The van der Waals surface area contributed by atoms with Gasteiger partial charge in [-0.1, -0.05) is 13.8 Å². The van der Waals surface area contributed by atoms with E-state index < -0.39 is 5.97 Å². The van der Waals surface area contributed by atoms with Crippen molar-refractivity contribution in [2.24, 2.45) is 11.8 Å². The maximum Gasteiger partial charge on any atom is 0.328 e. The summed E-state index contributed by atoms with van der Waals surface area (Å²) < 4.78 is 0. The lowest BCUT2D eigenvalue weighted by atomic mass is 10.0. The normalized spacial score (nSPS) is 23.2. The molecule has 0 aromatic carbocycles. The first-order chi connectivity index (χ1) is 8.99. The molecule has 1 aromatic rings. The van der Waals surface area contributed by atoms with Gasteiger partial charge in [0.1, 0.15) is 0 Å². The number of carbonyl (C=O) groups is 2. The fraction of sp³-hybridized carbons (Fsp3) is 0.429. The molecule has 1 aliphatic heterocycles. The SMILES string of the molecule is CC1CN(C(=O)c2sccc2C=CC(=O)O)CC1C. The number of amides is 1. The van der Waals surface area contributed by atoms with Crippen LogP contribution >= 0.6 is 11.3 Å². The number of aliphatic carboxylic acids is 1. The van der Waals surface area contributed by atoms with Gasteiger partial charge in [-0.25, -0.2) is 4.79 Å². The lowest BCUT2D eigenvalue weighted by molar-refractivity contribution is -0.131. The molecule has 1 amide bonds. The molecule has 5 heteroatoms. The number of hydrogen-bond donors (Lipinski definition) is 1. The van der Waals surface area contributed by atoms with Gasteiger partial charge in [-0.2, -0.15) is 0 Å². The van der Waals surface area contributed by atoms with E-state index in [1.807, 2.05) is 10.3 Å². The summed E-state index contributed by atoms with van der Waals surface area (Å²) in [5, 5.41) is 10.5. The number of likely N-dealkylation sites (tertiary alicyclic amines) is 1. The van der Waals surface area contributed by atoms with Crippen molar-refractivity contribution in [3.05, 3.63) is 28.0 Å². The average Bonchev–Trinajstić information content (AvgIpc) is 2.93. The first-order valence-corrected chi connectivity index (χ1v) is 7.14. The molecule has 0 spiro atoms. The number of carbonyl (C=O) groups excluding carboxylic acids is 1. The molecule has 102 valence electrons. The van der Waals surface area contributed by atoms with Crippen molar-refractivity contribution in [3.8, 4) is 0 Å². The molecule has 1 N–H and O–H groups in total. The fourth-order valence-corrected chi connectivity index (χ4v) is 3.08. The average molecular weight is 279 g/mol. The van der Waals surface area contributed by atoms with Crippen molar-refractivity contribution in [3.63, 3.8) is 0 Å². The molecule has 2 rings (SSSR count). The number of carboxylic acid groups (broad SMARTS) is 1. The van der Waals surface area contributed by atoms with Crippen molar-refractivity contribution in [2.75, 3.05) is 13.1 Å². The summed E-state index contributed by atoms with van der Waals surface area (Å²) in [7, 11) is 0. The number of nitrogens with zero attached hydrogens (tertiary/aromatic N) is 1. The monoisotopic (exact) mass is 279 g/mol. The quantitative estimate of drug-likeness (QED) is 0.865. The smallest absolute Gasteiger partial charge is 0.328 e. The Kier molecular flexibility index (Phi) is 4.04. The maximum absolute atomic E-state index is 12.4. The van der Waals surface area contributed by atoms with E-state index in [0.29, 0.717) is 22.3 Å². The Hall–Kier alpha value is -1.62. The van der Waals surface area contributed by atoms with Crippen LogP contribution in [0.1, 0.15) is 29.1 Å². The minimum atomic E-state index is -1.01.